The highest BCUT2D eigenvalue weighted by atomic mass is 127. The van der Waals surface area contributed by atoms with Gasteiger partial charge in [0, 0.05) is 16.7 Å². The van der Waals surface area contributed by atoms with Crippen LogP contribution in [-0.4, -0.2) is 39.4 Å². The van der Waals surface area contributed by atoms with E-state index in [0.717, 1.165) is 23.0 Å². The maximum absolute atomic E-state index is 12.6. The number of hydrogen-bond donors (Lipinski definition) is 1. The number of piperidine rings is 1. The van der Waals surface area contributed by atoms with E-state index in [0.29, 0.717) is 23.9 Å². The van der Waals surface area contributed by atoms with Crippen molar-refractivity contribution in [2.24, 2.45) is 5.92 Å². The maximum Gasteiger partial charge on any atom is 0.243 e. The van der Waals surface area contributed by atoms with Crippen LogP contribution < -0.4 is 5.32 Å². The first kappa shape index (κ1) is 15.2. The molecule has 2 rings (SSSR count). The van der Waals surface area contributed by atoms with Crippen molar-refractivity contribution in [2.45, 2.75) is 17.7 Å². The topological polar surface area (TPSA) is 49.4 Å². The Morgan fingerprint density at radius 1 is 1.37 bits per heavy atom. The highest BCUT2D eigenvalue weighted by Gasteiger charge is 2.29. The molecule has 0 spiro atoms. The molecule has 106 valence electrons. The van der Waals surface area contributed by atoms with Crippen molar-refractivity contribution in [2.75, 3.05) is 26.7 Å². The fourth-order valence-electron chi connectivity index (χ4n) is 2.46. The molecular formula is C13H19IN2O2S. The largest absolute Gasteiger partial charge is 0.319 e. The van der Waals surface area contributed by atoms with E-state index in [-0.39, 0.29) is 0 Å². The highest BCUT2D eigenvalue weighted by molar-refractivity contribution is 14.1. The van der Waals surface area contributed by atoms with Crippen molar-refractivity contribution >= 4 is 32.6 Å². The molecule has 1 aromatic rings. The molecule has 1 aliphatic rings. The second-order valence-corrected chi connectivity index (χ2v) is 8.07. The zero-order valence-corrected chi connectivity index (χ0v) is 13.9. The van der Waals surface area contributed by atoms with E-state index >= 15 is 0 Å². The van der Waals surface area contributed by atoms with Gasteiger partial charge in [0.05, 0.1) is 4.90 Å². The first-order valence-electron chi connectivity index (χ1n) is 6.44. The second kappa shape index (κ2) is 6.51. The molecule has 0 bridgehead atoms. The van der Waals surface area contributed by atoms with Crippen LogP contribution >= 0.6 is 22.6 Å². The summed E-state index contributed by atoms with van der Waals surface area (Å²) < 4.78 is 27.8. The van der Waals surface area contributed by atoms with Crippen LogP contribution in [0.5, 0.6) is 0 Å². The molecule has 0 amide bonds. The van der Waals surface area contributed by atoms with Crippen LogP contribution in [0.25, 0.3) is 0 Å². The van der Waals surface area contributed by atoms with Gasteiger partial charge in [-0.2, -0.15) is 4.31 Å². The van der Waals surface area contributed by atoms with Gasteiger partial charge < -0.3 is 5.32 Å². The van der Waals surface area contributed by atoms with Crippen molar-refractivity contribution in [3.63, 3.8) is 0 Å². The van der Waals surface area contributed by atoms with Crippen LogP contribution in [-0.2, 0) is 10.0 Å². The van der Waals surface area contributed by atoms with E-state index in [9.17, 15) is 8.42 Å². The van der Waals surface area contributed by atoms with Gasteiger partial charge in [-0.1, -0.05) is 0 Å². The molecule has 1 atom stereocenters. The van der Waals surface area contributed by atoms with E-state index in [2.05, 4.69) is 27.9 Å². The minimum atomic E-state index is -3.33. The van der Waals surface area contributed by atoms with Gasteiger partial charge in [-0.15, -0.1) is 0 Å². The van der Waals surface area contributed by atoms with Gasteiger partial charge in [0.2, 0.25) is 10.0 Å². The molecule has 0 radical (unpaired) electrons. The molecule has 1 N–H and O–H groups in total. The average Bonchev–Trinajstić information content (AvgIpc) is 2.40. The van der Waals surface area contributed by atoms with Crippen LogP contribution in [0.3, 0.4) is 0 Å². The van der Waals surface area contributed by atoms with Gasteiger partial charge in [-0.3, -0.25) is 0 Å². The number of sulfonamides is 1. The standard InChI is InChI=1S/C13H19IN2O2S/c1-15-9-11-3-2-8-16(10-11)19(17,18)13-6-4-12(14)5-7-13/h4-7,11,15H,2-3,8-10H2,1H3. The van der Waals surface area contributed by atoms with Gasteiger partial charge >= 0.3 is 0 Å². The van der Waals surface area contributed by atoms with Crippen LogP contribution in [0, 0.1) is 9.49 Å². The zero-order chi connectivity index (χ0) is 13.9. The lowest BCUT2D eigenvalue weighted by molar-refractivity contribution is 0.263. The van der Waals surface area contributed by atoms with Crippen molar-refractivity contribution in [3.8, 4) is 0 Å². The minimum absolute atomic E-state index is 0.401. The molecule has 0 aromatic heterocycles. The van der Waals surface area contributed by atoms with E-state index in [4.69, 9.17) is 0 Å². The summed E-state index contributed by atoms with van der Waals surface area (Å²) in [5, 5.41) is 3.13. The third kappa shape index (κ3) is 3.68. The zero-order valence-electron chi connectivity index (χ0n) is 11.0. The van der Waals surface area contributed by atoms with Gasteiger partial charge in [-0.25, -0.2) is 8.42 Å². The molecule has 0 aliphatic carbocycles. The minimum Gasteiger partial charge on any atom is -0.319 e. The summed E-state index contributed by atoms with van der Waals surface area (Å²) >= 11 is 2.18. The lowest BCUT2D eigenvalue weighted by atomic mass is 10.00. The number of halogens is 1. The predicted molar refractivity (Wildman–Crippen MR) is 84.6 cm³/mol. The Labute approximate surface area is 128 Å². The third-order valence-electron chi connectivity index (χ3n) is 3.43. The summed E-state index contributed by atoms with van der Waals surface area (Å²) in [6, 6.07) is 7.06. The fourth-order valence-corrected chi connectivity index (χ4v) is 4.37. The molecule has 1 heterocycles. The lowest BCUT2D eigenvalue weighted by Crippen LogP contribution is -2.42. The highest BCUT2D eigenvalue weighted by Crippen LogP contribution is 2.23. The number of benzene rings is 1. The third-order valence-corrected chi connectivity index (χ3v) is 6.02. The van der Waals surface area contributed by atoms with Gasteiger partial charge in [0.25, 0.3) is 0 Å². The Balaban J connectivity index is 2.17. The van der Waals surface area contributed by atoms with Crippen LogP contribution in [0.1, 0.15) is 12.8 Å². The monoisotopic (exact) mass is 394 g/mol. The predicted octanol–water partition coefficient (Wildman–Crippen LogP) is 1.91. The van der Waals surface area contributed by atoms with Crippen molar-refractivity contribution in [1.82, 2.24) is 9.62 Å². The van der Waals surface area contributed by atoms with E-state index in [1.165, 1.54) is 0 Å². The molecule has 6 heteroatoms. The van der Waals surface area contributed by atoms with Gasteiger partial charge in [0.15, 0.2) is 0 Å². The van der Waals surface area contributed by atoms with Crippen LogP contribution in [0.2, 0.25) is 0 Å². The molecule has 1 aromatic carbocycles. The van der Waals surface area contributed by atoms with E-state index < -0.39 is 10.0 Å². The molecule has 4 nitrogen and oxygen atoms in total. The molecule has 19 heavy (non-hydrogen) atoms. The first-order chi connectivity index (χ1) is 9.04. The molecule has 1 saturated heterocycles. The maximum atomic E-state index is 12.6. The van der Waals surface area contributed by atoms with Gasteiger partial charge in [-0.05, 0) is 79.2 Å². The Morgan fingerprint density at radius 2 is 2.05 bits per heavy atom. The summed E-state index contributed by atoms with van der Waals surface area (Å²) in [4.78, 5) is 0.401. The number of hydrogen-bond acceptors (Lipinski definition) is 3. The average molecular weight is 394 g/mol. The van der Waals surface area contributed by atoms with Crippen molar-refractivity contribution < 1.29 is 8.42 Å². The number of nitrogens with one attached hydrogen (secondary N) is 1. The first-order valence-corrected chi connectivity index (χ1v) is 8.96. The number of rotatable bonds is 4. The Hall–Kier alpha value is -0.180. The Bertz CT molecular complexity index is 514. The summed E-state index contributed by atoms with van der Waals surface area (Å²) in [6.07, 6.45) is 2.04. The quantitative estimate of drug-likeness (QED) is 0.794. The normalized spacial score (nSPS) is 21.5. The summed E-state index contributed by atoms with van der Waals surface area (Å²) in [6.45, 7) is 2.13. The SMILES string of the molecule is CNCC1CCCN(S(=O)(=O)c2ccc(I)cc2)C1. The van der Waals surface area contributed by atoms with Gasteiger partial charge in [0.1, 0.15) is 0 Å². The second-order valence-electron chi connectivity index (χ2n) is 4.88. The molecule has 0 saturated carbocycles. The van der Waals surface area contributed by atoms with Crippen LogP contribution in [0.15, 0.2) is 29.2 Å². The lowest BCUT2D eigenvalue weighted by Gasteiger charge is -2.31. The molecule has 1 unspecified atom stereocenters. The smallest absolute Gasteiger partial charge is 0.243 e. The van der Waals surface area contributed by atoms with E-state index in [1.54, 1.807) is 16.4 Å². The Morgan fingerprint density at radius 3 is 2.68 bits per heavy atom. The van der Waals surface area contributed by atoms with Crippen molar-refractivity contribution in [3.05, 3.63) is 27.8 Å². The number of nitrogens with zero attached hydrogens (tertiary/aromatic N) is 1. The fraction of sp³-hybridized carbons (Fsp3) is 0.538. The molecular weight excluding hydrogens is 375 g/mol. The molecule has 1 aliphatic heterocycles. The van der Waals surface area contributed by atoms with Crippen LogP contribution in [0.4, 0.5) is 0 Å². The molecule has 1 fully saturated rings. The summed E-state index contributed by atoms with van der Waals surface area (Å²) in [7, 11) is -1.42. The summed E-state index contributed by atoms with van der Waals surface area (Å²) in [5.74, 6) is 0.414. The summed E-state index contributed by atoms with van der Waals surface area (Å²) in [5.41, 5.74) is 0. The van der Waals surface area contributed by atoms with Crippen molar-refractivity contribution in [1.29, 1.82) is 0 Å². The Kier molecular flexibility index (Phi) is 5.22. The van der Waals surface area contributed by atoms with E-state index in [1.807, 2.05) is 19.2 Å².